The number of carbonyl (C=O) groups is 2. The van der Waals surface area contributed by atoms with Gasteiger partial charge in [-0.25, -0.2) is 0 Å². The van der Waals surface area contributed by atoms with Crippen LogP contribution in [0.5, 0.6) is 11.5 Å². The van der Waals surface area contributed by atoms with Crippen molar-refractivity contribution in [2.24, 2.45) is 0 Å². The average molecular weight is 385 g/mol. The second-order valence-corrected chi connectivity index (χ2v) is 6.13. The fourth-order valence-corrected chi connectivity index (χ4v) is 2.90. The van der Waals surface area contributed by atoms with Crippen LogP contribution in [0.3, 0.4) is 0 Å². The monoisotopic (exact) mass is 385 g/mol. The van der Waals surface area contributed by atoms with Crippen LogP contribution in [0.25, 0.3) is 0 Å². The Balaban J connectivity index is 1.64. The molecule has 0 bridgehead atoms. The van der Waals surface area contributed by atoms with Gasteiger partial charge in [-0.05, 0) is 30.7 Å². The first kappa shape index (κ1) is 19.2. The van der Waals surface area contributed by atoms with Crippen LogP contribution in [-0.2, 0) is 9.59 Å². The van der Waals surface area contributed by atoms with E-state index in [1.807, 2.05) is 6.07 Å². The van der Waals surface area contributed by atoms with Gasteiger partial charge in [0.2, 0.25) is 5.91 Å². The number of ether oxygens (including phenoxy) is 2. The average Bonchev–Trinajstić information content (AvgIpc) is 3.12. The molecule has 0 aliphatic carbocycles. The molecule has 9 nitrogen and oxygen atoms in total. The Morgan fingerprint density at radius 1 is 1.25 bits per heavy atom. The Hall–Kier alpha value is -3.62. The molecule has 0 aromatic heterocycles. The highest BCUT2D eigenvalue weighted by molar-refractivity contribution is 5.97. The lowest BCUT2D eigenvalue weighted by Crippen LogP contribution is -2.24. The quantitative estimate of drug-likeness (QED) is 0.579. The molecule has 146 valence electrons. The molecule has 9 heteroatoms. The van der Waals surface area contributed by atoms with Crippen molar-refractivity contribution < 1.29 is 24.0 Å². The molecule has 2 aromatic carbocycles. The molecule has 1 saturated heterocycles. The maximum atomic E-state index is 12.2. The van der Waals surface area contributed by atoms with Crippen molar-refractivity contribution >= 4 is 28.9 Å². The summed E-state index contributed by atoms with van der Waals surface area (Å²) in [7, 11) is 1.40. The number of methoxy groups -OCH3 is 1. The summed E-state index contributed by atoms with van der Waals surface area (Å²) in [5.74, 6) is -0.000702. The molecule has 0 atom stereocenters. The number of carbonyl (C=O) groups excluding carboxylic acids is 2. The molecule has 1 N–H and O–H groups in total. The third-order valence-corrected chi connectivity index (χ3v) is 4.23. The maximum absolute atomic E-state index is 12.2. The Labute approximate surface area is 161 Å². The van der Waals surface area contributed by atoms with Crippen LogP contribution in [0.4, 0.5) is 17.1 Å². The van der Waals surface area contributed by atoms with Crippen LogP contribution in [0, 0.1) is 10.1 Å². The molecule has 1 aliphatic rings. The van der Waals surface area contributed by atoms with Gasteiger partial charge in [-0.3, -0.25) is 19.7 Å². The highest BCUT2D eigenvalue weighted by Crippen LogP contribution is 2.31. The third-order valence-electron chi connectivity index (χ3n) is 4.23. The highest BCUT2D eigenvalue weighted by Gasteiger charge is 2.22. The lowest BCUT2D eigenvalue weighted by atomic mass is 10.2. The van der Waals surface area contributed by atoms with Gasteiger partial charge in [0.15, 0.2) is 18.1 Å². The highest BCUT2D eigenvalue weighted by atomic mass is 16.6. The largest absolute Gasteiger partial charge is 0.493 e. The molecule has 1 aliphatic heterocycles. The number of nitrogens with one attached hydrogen (secondary N) is 1. The van der Waals surface area contributed by atoms with Gasteiger partial charge in [-0.15, -0.1) is 0 Å². The number of nitrogens with zero attached hydrogens (tertiary/aromatic N) is 2. The number of benzene rings is 2. The van der Waals surface area contributed by atoms with Crippen LogP contribution < -0.4 is 19.7 Å². The summed E-state index contributed by atoms with van der Waals surface area (Å²) in [6, 6.07) is 10.9. The molecule has 1 heterocycles. The normalized spacial score (nSPS) is 13.3. The second kappa shape index (κ2) is 8.38. The van der Waals surface area contributed by atoms with E-state index in [1.165, 1.54) is 25.3 Å². The van der Waals surface area contributed by atoms with E-state index >= 15 is 0 Å². The Morgan fingerprint density at radius 3 is 2.75 bits per heavy atom. The summed E-state index contributed by atoms with van der Waals surface area (Å²) in [5, 5.41) is 13.6. The number of amides is 2. The van der Waals surface area contributed by atoms with E-state index in [9.17, 15) is 19.7 Å². The lowest BCUT2D eigenvalue weighted by molar-refractivity contribution is -0.385. The number of anilines is 2. The lowest BCUT2D eigenvalue weighted by Gasteiger charge is -2.17. The summed E-state index contributed by atoms with van der Waals surface area (Å²) in [6.07, 6.45) is 1.34. The zero-order valence-corrected chi connectivity index (χ0v) is 15.2. The Kier molecular flexibility index (Phi) is 5.73. The number of hydrogen-bond donors (Lipinski definition) is 1. The van der Waals surface area contributed by atoms with E-state index in [2.05, 4.69) is 5.32 Å². The van der Waals surface area contributed by atoms with Crippen LogP contribution in [0.1, 0.15) is 12.8 Å². The van der Waals surface area contributed by atoms with Crippen molar-refractivity contribution in [3.8, 4) is 11.5 Å². The molecule has 0 spiro atoms. The number of hydrogen-bond acceptors (Lipinski definition) is 6. The predicted molar refractivity (Wildman–Crippen MR) is 102 cm³/mol. The number of non-ortho nitro benzene ring substituents is 1. The smallest absolute Gasteiger partial charge is 0.273 e. The van der Waals surface area contributed by atoms with Crippen LogP contribution in [0.2, 0.25) is 0 Å². The van der Waals surface area contributed by atoms with Gasteiger partial charge in [0, 0.05) is 30.4 Å². The fraction of sp³-hybridized carbons (Fsp3) is 0.263. The maximum Gasteiger partial charge on any atom is 0.273 e. The van der Waals surface area contributed by atoms with Crippen molar-refractivity contribution in [3.63, 3.8) is 0 Å². The summed E-state index contributed by atoms with van der Waals surface area (Å²) in [6.45, 7) is 0.302. The Bertz CT molecular complexity index is 914. The van der Waals surface area contributed by atoms with Crippen molar-refractivity contribution in [1.82, 2.24) is 0 Å². The number of nitro benzene ring substituents is 1. The molecule has 0 unspecified atom stereocenters. The minimum atomic E-state index is -0.558. The molecule has 2 amide bonds. The van der Waals surface area contributed by atoms with Gasteiger partial charge in [-0.2, -0.15) is 0 Å². The molecule has 0 radical (unpaired) electrons. The SMILES string of the molecule is COc1ccc([N+](=O)[O-])cc1OCC(=O)Nc1cccc(N2CCCC2=O)c1. The summed E-state index contributed by atoms with van der Waals surface area (Å²) >= 11 is 0. The van der Waals surface area contributed by atoms with Crippen molar-refractivity contribution in [1.29, 1.82) is 0 Å². The van der Waals surface area contributed by atoms with E-state index in [4.69, 9.17) is 9.47 Å². The first-order valence-corrected chi connectivity index (χ1v) is 8.63. The third kappa shape index (κ3) is 4.37. The topological polar surface area (TPSA) is 111 Å². The standard InChI is InChI=1S/C19H19N3O6/c1-27-16-8-7-15(22(25)26)11-17(16)28-12-18(23)20-13-4-2-5-14(10-13)21-9-3-6-19(21)24/h2,4-5,7-8,10-11H,3,6,9,12H2,1H3,(H,20,23). The molecule has 0 saturated carbocycles. The molecule has 28 heavy (non-hydrogen) atoms. The van der Waals surface area contributed by atoms with Gasteiger partial charge in [-0.1, -0.05) is 6.07 Å². The summed E-state index contributed by atoms with van der Waals surface area (Å²) < 4.78 is 10.5. The van der Waals surface area contributed by atoms with Crippen LogP contribution >= 0.6 is 0 Å². The van der Waals surface area contributed by atoms with Crippen molar-refractivity contribution in [2.75, 3.05) is 30.5 Å². The van der Waals surface area contributed by atoms with Gasteiger partial charge in [0.25, 0.3) is 11.6 Å². The van der Waals surface area contributed by atoms with E-state index in [-0.39, 0.29) is 29.7 Å². The zero-order chi connectivity index (χ0) is 20.1. The minimum absolute atomic E-state index is 0.0598. The fourth-order valence-electron chi connectivity index (χ4n) is 2.90. The van der Waals surface area contributed by atoms with E-state index in [0.717, 1.165) is 12.1 Å². The van der Waals surface area contributed by atoms with Gasteiger partial charge < -0.3 is 19.7 Å². The predicted octanol–water partition coefficient (Wildman–Crippen LogP) is 2.75. The summed E-state index contributed by atoms with van der Waals surface area (Å²) in [4.78, 5) is 36.1. The zero-order valence-electron chi connectivity index (χ0n) is 15.2. The first-order valence-electron chi connectivity index (χ1n) is 8.63. The molecular formula is C19H19N3O6. The number of rotatable bonds is 7. The van der Waals surface area contributed by atoms with E-state index in [0.29, 0.717) is 18.7 Å². The van der Waals surface area contributed by atoms with Crippen LogP contribution in [0.15, 0.2) is 42.5 Å². The second-order valence-electron chi connectivity index (χ2n) is 6.13. The van der Waals surface area contributed by atoms with Gasteiger partial charge in [0.05, 0.1) is 18.1 Å². The van der Waals surface area contributed by atoms with E-state index < -0.39 is 10.8 Å². The molecular weight excluding hydrogens is 366 g/mol. The number of nitro groups is 1. The first-order chi connectivity index (χ1) is 13.5. The van der Waals surface area contributed by atoms with Crippen molar-refractivity contribution in [2.45, 2.75) is 12.8 Å². The summed E-state index contributed by atoms with van der Waals surface area (Å²) in [5.41, 5.74) is 1.08. The van der Waals surface area contributed by atoms with Gasteiger partial charge in [0.1, 0.15) is 0 Å². The van der Waals surface area contributed by atoms with E-state index in [1.54, 1.807) is 23.1 Å². The van der Waals surface area contributed by atoms with Gasteiger partial charge >= 0.3 is 0 Å². The molecule has 3 rings (SSSR count). The molecule has 2 aromatic rings. The van der Waals surface area contributed by atoms with Crippen LogP contribution in [-0.4, -0.2) is 37.0 Å². The van der Waals surface area contributed by atoms with Crippen molar-refractivity contribution in [3.05, 3.63) is 52.6 Å². The molecule has 1 fully saturated rings. The minimum Gasteiger partial charge on any atom is -0.493 e. The Morgan fingerprint density at radius 2 is 2.07 bits per heavy atom.